The van der Waals surface area contributed by atoms with Crippen LogP contribution in [-0.2, 0) is 9.22 Å². The standard InChI is InChI=1S/C17H32O2Si/c1-14-9-8-11-16(2,3)15(14)10-12-17(4,13-18)19-20(5,6)7/h13H,8-12H2,1-7H3. The van der Waals surface area contributed by atoms with E-state index in [-0.39, 0.29) is 5.41 Å². The molecule has 0 aliphatic heterocycles. The van der Waals surface area contributed by atoms with E-state index in [2.05, 4.69) is 40.4 Å². The average molecular weight is 297 g/mol. The van der Waals surface area contributed by atoms with Crippen molar-refractivity contribution in [2.75, 3.05) is 0 Å². The molecule has 0 aromatic carbocycles. The SMILES string of the molecule is CC1=C(CCC(C)(C=O)O[Si](C)(C)C)C(C)(C)CCC1. The lowest BCUT2D eigenvalue weighted by Crippen LogP contribution is -2.42. The molecule has 1 atom stereocenters. The Bertz CT molecular complexity index is 390. The lowest BCUT2D eigenvalue weighted by atomic mass is 9.70. The molecule has 1 aliphatic carbocycles. The molecule has 2 nitrogen and oxygen atoms in total. The van der Waals surface area contributed by atoms with E-state index in [1.54, 1.807) is 5.57 Å². The molecule has 1 unspecified atom stereocenters. The molecule has 20 heavy (non-hydrogen) atoms. The minimum absolute atomic E-state index is 0.283. The Morgan fingerprint density at radius 2 is 1.95 bits per heavy atom. The van der Waals surface area contributed by atoms with Gasteiger partial charge in [0.2, 0.25) is 0 Å². The number of carbonyl (C=O) groups is 1. The number of carbonyl (C=O) groups excluding carboxylic acids is 1. The second-order valence-electron chi connectivity index (χ2n) is 8.14. The van der Waals surface area contributed by atoms with Crippen LogP contribution in [0.3, 0.4) is 0 Å². The maximum absolute atomic E-state index is 11.5. The van der Waals surface area contributed by atoms with Crippen molar-refractivity contribution in [1.29, 1.82) is 0 Å². The zero-order valence-electron chi connectivity index (χ0n) is 14.4. The van der Waals surface area contributed by atoms with Crippen LogP contribution >= 0.6 is 0 Å². The monoisotopic (exact) mass is 296 g/mol. The van der Waals surface area contributed by atoms with Gasteiger partial charge in [-0.3, -0.25) is 0 Å². The highest BCUT2D eigenvalue weighted by atomic mass is 28.4. The molecule has 0 N–H and O–H groups in total. The largest absolute Gasteiger partial charge is 0.406 e. The van der Waals surface area contributed by atoms with Crippen LogP contribution in [-0.4, -0.2) is 20.2 Å². The van der Waals surface area contributed by atoms with E-state index in [1.165, 1.54) is 24.8 Å². The number of hydrogen-bond donors (Lipinski definition) is 0. The molecule has 0 heterocycles. The van der Waals surface area contributed by atoms with Gasteiger partial charge >= 0.3 is 0 Å². The molecule has 0 radical (unpaired) electrons. The maximum atomic E-state index is 11.5. The molecule has 116 valence electrons. The van der Waals surface area contributed by atoms with Crippen LogP contribution in [0.5, 0.6) is 0 Å². The van der Waals surface area contributed by atoms with Gasteiger partial charge in [-0.2, -0.15) is 0 Å². The van der Waals surface area contributed by atoms with Gasteiger partial charge in [0.15, 0.2) is 8.32 Å². The summed E-state index contributed by atoms with van der Waals surface area (Å²) in [5, 5.41) is 0. The highest BCUT2D eigenvalue weighted by Gasteiger charge is 2.34. The fourth-order valence-electron chi connectivity index (χ4n) is 3.43. The summed E-state index contributed by atoms with van der Waals surface area (Å²) < 4.78 is 6.12. The van der Waals surface area contributed by atoms with E-state index in [0.29, 0.717) is 0 Å². The van der Waals surface area contributed by atoms with E-state index in [0.717, 1.165) is 19.1 Å². The smallest absolute Gasteiger partial charge is 0.185 e. The second kappa shape index (κ2) is 6.14. The van der Waals surface area contributed by atoms with Crippen LogP contribution in [0.1, 0.15) is 59.8 Å². The normalized spacial score (nSPS) is 22.6. The van der Waals surface area contributed by atoms with Gasteiger partial charge in [0.05, 0.1) is 0 Å². The quantitative estimate of drug-likeness (QED) is 0.387. The van der Waals surface area contributed by atoms with Crippen molar-refractivity contribution in [1.82, 2.24) is 0 Å². The first-order valence-corrected chi connectivity index (χ1v) is 11.3. The van der Waals surface area contributed by atoms with Crippen LogP contribution in [0, 0.1) is 5.41 Å². The van der Waals surface area contributed by atoms with E-state index < -0.39 is 13.9 Å². The molecule has 3 heteroatoms. The molecule has 0 fully saturated rings. The number of aldehydes is 1. The van der Waals surface area contributed by atoms with Gasteiger partial charge in [-0.25, -0.2) is 0 Å². The maximum Gasteiger partial charge on any atom is 0.185 e. The third-order valence-corrected chi connectivity index (χ3v) is 5.42. The van der Waals surface area contributed by atoms with E-state index in [1.807, 2.05) is 6.92 Å². The molecule has 1 aliphatic rings. The Balaban J connectivity index is 2.80. The Morgan fingerprint density at radius 1 is 1.35 bits per heavy atom. The summed E-state index contributed by atoms with van der Waals surface area (Å²) >= 11 is 0. The van der Waals surface area contributed by atoms with Crippen LogP contribution in [0.2, 0.25) is 19.6 Å². The van der Waals surface area contributed by atoms with Crippen molar-refractivity contribution in [2.24, 2.45) is 5.41 Å². The molecular weight excluding hydrogens is 264 g/mol. The number of hydrogen-bond acceptors (Lipinski definition) is 2. The highest BCUT2D eigenvalue weighted by Crippen LogP contribution is 2.43. The van der Waals surface area contributed by atoms with Crippen molar-refractivity contribution >= 4 is 14.6 Å². The highest BCUT2D eigenvalue weighted by molar-refractivity contribution is 6.70. The summed E-state index contributed by atoms with van der Waals surface area (Å²) in [5.74, 6) is 0. The summed E-state index contributed by atoms with van der Waals surface area (Å²) in [6.45, 7) is 15.3. The lowest BCUT2D eigenvalue weighted by molar-refractivity contribution is -0.121. The molecule has 0 spiro atoms. The Morgan fingerprint density at radius 3 is 2.40 bits per heavy atom. The predicted octanol–water partition coefficient (Wildman–Crippen LogP) is 5.10. The van der Waals surface area contributed by atoms with Crippen molar-refractivity contribution in [2.45, 2.75) is 85.0 Å². The van der Waals surface area contributed by atoms with E-state index >= 15 is 0 Å². The lowest BCUT2D eigenvalue weighted by Gasteiger charge is -2.37. The average Bonchev–Trinajstić information content (AvgIpc) is 2.25. The van der Waals surface area contributed by atoms with E-state index in [9.17, 15) is 4.79 Å². The van der Waals surface area contributed by atoms with Crippen LogP contribution in [0.4, 0.5) is 0 Å². The first kappa shape index (κ1) is 17.6. The van der Waals surface area contributed by atoms with Crippen LogP contribution in [0.25, 0.3) is 0 Å². The summed E-state index contributed by atoms with van der Waals surface area (Å²) in [6.07, 6.45) is 6.56. The van der Waals surface area contributed by atoms with Crippen LogP contribution < -0.4 is 0 Å². The van der Waals surface area contributed by atoms with Crippen molar-refractivity contribution < 1.29 is 9.22 Å². The van der Waals surface area contributed by atoms with E-state index in [4.69, 9.17) is 4.43 Å². The molecule has 0 aromatic heterocycles. The van der Waals surface area contributed by atoms with Gasteiger partial charge in [-0.05, 0) is 71.0 Å². The Labute approximate surface area is 126 Å². The minimum atomic E-state index is -1.70. The first-order valence-electron chi connectivity index (χ1n) is 7.85. The Hall–Kier alpha value is -0.413. The summed E-state index contributed by atoms with van der Waals surface area (Å²) in [5.41, 5.74) is 2.75. The fourth-order valence-corrected chi connectivity index (χ4v) is 4.98. The number of rotatable bonds is 6. The zero-order chi connectivity index (χ0) is 15.6. The molecule has 0 aromatic rings. The molecule has 0 bridgehead atoms. The summed E-state index contributed by atoms with van der Waals surface area (Å²) in [7, 11) is -1.70. The van der Waals surface area contributed by atoms with Gasteiger partial charge in [-0.1, -0.05) is 25.0 Å². The van der Waals surface area contributed by atoms with Crippen LogP contribution in [0.15, 0.2) is 11.1 Å². The third kappa shape index (κ3) is 4.85. The van der Waals surface area contributed by atoms with Crippen molar-refractivity contribution in [3.63, 3.8) is 0 Å². The predicted molar refractivity (Wildman–Crippen MR) is 88.5 cm³/mol. The topological polar surface area (TPSA) is 26.3 Å². The Kier molecular flexibility index (Phi) is 5.42. The van der Waals surface area contributed by atoms with Gasteiger partial charge in [0.1, 0.15) is 11.9 Å². The van der Waals surface area contributed by atoms with Crippen molar-refractivity contribution in [3.8, 4) is 0 Å². The molecule has 0 saturated heterocycles. The summed E-state index contributed by atoms with van der Waals surface area (Å²) in [4.78, 5) is 11.5. The fraction of sp³-hybridized carbons (Fsp3) is 0.824. The van der Waals surface area contributed by atoms with Crippen molar-refractivity contribution in [3.05, 3.63) is 11.1 Å². The summed E-state index contributed by atoms with van der Waals surface area (Å²) in [6, 6.07) is 0. The van der Waals surface area contributed by atoms with Gasteiger partial charge < -0.3 is 9.22 Å². The zero-order valence-corrected chi connectivity index (χ0v) is 15.4. The third-order valence-electron chi connectivity index (χ3n) is 4.35. The molecular formula is C17H32O2Si. The van der Waals surface area contributed by atoms with Gasteiger partial charge in [0.25, 0.3) is 0 Å². The van der Waals surface area contributed by atoms with Gasteiger partial charge in [-0.15, -0.1) is 0 Å². The molecule has 0 saturated carbocycles. The first-order chi connectivity index (χ1) is 8.99. The molecule has 0 amide bonds. The second-order valence-corrected chi connectivity index (χ2v) is 12.6. The minimum Gasteiger partial charge on any atom is -0.406 e. The molecule has 1 rings (SSSR count). The number of allylic oxidation sites excluding steroid dienone is 2. The van der Waals surface area contributed by atoms with Gasteiger partial charge in [0, 0.05) is 0 Å².